The summed E-state index contributed by atoms with van der Waals surface area (Å²) in [7, 11) is 1.72. The van der Waals surface area contributed by atoms with Crippen molar-refractivity contribution >= 4 is 15.9 Å². The van der Waals surface area contributed by atoms with E-state index < -0.39 is 0 Å². The number of methoxy groups -OCH3 is 1. The van der Waals surface area contributed by atoms with Crippen LogP contribution in [0.4, 0.5) is 0 Å². The second kappa shape index (κ2) is 8.01. The van der Waals surface area contributed by atoms with Gasteiger partial charge in [-0.1, -0.05) is 48.0 Å². The van der Waals surface area contributed by atoms with Crippen molar-refractivity contribution in [1.29, 1.82) is 0 Å². The standard InChI is InChI=1S/C16H25BrN2O/c1-20-16-8-7-14(17)10-13(16)11-15(19-18)9-12-5-3-2-4-6-12/h7-8,10,12,15,19H,2-6,9,11,18H2,1H3. The van der Waals surface area contributed by atoms with Crippen molar-refractivity contribution < 1.29 is 4.74 Å². The number of nitrogens with two attached hydrogens (primary N) is 1. The molecule has 1 atom stereocenters. The lowest BCUT2D eigenvalue weighted by Crippen LogP contribution is -2.38. The lowest BCUT2D eigenvalue weighted by Gasteiger charge is -2.26. The Morgan fingerprint density at radius 2 is 2.10 bits per heavy atom. The van der Waals surface area contributed by atoms with Gasteiger partial charge in [0.1, 0.15) is 5.75 Å². The van der Waals surface area contributed by atoms with Crippen LogP contribution in [0.25, 0.3) is 0 Å². The van der Waals surface area contributed by atoms with E-state index in [0.29, 0.717) is 6.04 Å². The van der Waals surface area contributed by atoms with E-state index in [1.165, 1.54) is 37.7 Å². The van der Waals surface area contributed by atoms with Crippen LogP contribution < -0.4 is 16.0 Å². The van der Waals surface area contributed by atoms with Gasteiger partial charge in [0.15, 0.2) is 0 Å². The van der Waals surface area contributed by atoms with Gasteiger partial charge in [-0.05, 0) is 42.5 Å². The van der Waals surface area contributed by atoms with Gasteiger partial charge in [0.25, 0.3) is 0 Å². The van der Waals surface area contributed by atoms with Gasteiger partial charge in [-0.15, -0.1) is 0 Å². The highest BCUT2D eigenvalue weighted by Crippen LogP contribution is 2.30. The monoisotopic (exact) mass is 340 g/mol. The molecule has 3 N–H and O–H groups in total. The molecule has 4 heteroatoms. The molecule has 1 saturated carbocycles. The molecule has 1 unspecified atom stereocenters. The number of nitrogens with one attached hydrogen (secondary N) is 1. The summed E-state index contributed by atoms with van der Waals surface area (Å²) in [5.74, 6) is 7.53. The molecule has 3 nitrogen and oxygen atoms in total. The van der Waals surface area contributed by atoms with Crippen molar-refractivity contribution in [3.63, 3.8) is 0 Å². The fraction of sp³-hybridized carbons (Fsp3) is 0.625. The third kappa shape index (κ3) is 4.47. The van der Waals surface area contributed by atoms with E-state index >= 15 is 0 Å². The minimum atomic E-state index is 0.321. The second-order valence-electron chi connectivity index (χ2n) is 5.76. The van der Waals surface area contributed by atoms with Crippen molar-refractivity contribution in [2.24, 2.45) is 11.8 Å². The van der Waals surface area contributed by atoms with Gasteiger partial charge >= 0.3 is 0 Å². The largest absolute Gasteiger partial charge is 0.496 e. The lowest BCUT2D eigenvalue weighted by atomic mass is 9.83. The topological polar surface area (TPSA) is 47.3 Å². The Morgan fingerprint density at radius 3 is 2.75 bits per heavy atom. The molecular weight excluding hydrogens is 316 g/mol. The maximum atomic E-state index is 5.76. The number of hydrogen-bond donors (Lipinski definition) is 2. The zero-order valence-corrected chi connectivity index (χ0v) is 13.8. The van der Waals surface area contributed by atoms with Gasteiger partial charge in [-0.25, -0.2) is 0 Å². The van der Waals surface area contributed by atoms with E-state index in [9.17, 15) is 0 Å². The molecule has 2 rings (SSSR count). The normalized spacial score (nSPS) is 17.9. The summed E-state index contributed by atoms with van der Waals surface area (Å²) in [6.07, 6.45) is 8.93. The van der Waals surface area contributed by atoms with Gasteiger partial charge in [0.05, 0.1) is 7.11 Å². The first-order chi connectivity index (χ1) is 9.72. The lowest BCUT2D eigenvalue weighted by molar-refractivity contribution is 0.296. The first kappa shape index (κ1) is 15.8. The van der Waals surface area contributed by atoms with Crippen molar-refractivity contribution in [3.8, 4) is 5.75 Å². The van der Waals surface area contributed by atoms with Gasteiger partial charge in [-0.2, -0.15) is 0 Å². The first-order valence-corrected chi connectivity index (χ1v) is 8.30. The summed E-state index contributed by atoms with van der Waals surface area (Å²) >= 11 is 3.53. The van der Waals surface area contributed by atoms with Crippen molar-refractivity contribution in [1.82, 2.24) is 5.43 Å². The predicted octanol–water partition coefficient (Wildman–Crippen LogP) is 3.80. The van der Waals surface area contributed by atoms with Crippen LogP contribution in [0.2, 0.25) is 0 Å². The molecule has 0 aromatic heterocycles. The van der Waals surface area contributed by atoms with Crippen LogP contribution >= 0.6 is 15.9 Å². The van der Waals surface area contributed by atoms with Crippen LogP contribution in [-0.4, -0.2) is 13.2 Å². The average Bonchev–Trinajstić information content (AvgIpc) is 2.48. The van der Waals surface area contributed by atoms with Gasteiger partial charge in [0.2, 0.25) is 0 Å². The molecule has 0 heterocycles. The summed E-state index contributed by atoms with van der Waals surface area (Å²) in [6, 6.07) is 6.47. The van der Waals surface area contributed by atoms with Crippen LogP contribution in [0.1, 0.15) is 44.1 Å². The maximum Gasteiger partial charge on any atom is 0.122 e. The maximum absolute atomic E-state index is 5.76. The Kier molecular flexibility index (Phi) is 6.33. The van der Waals surface area contributed by atoms with Crippen molar-refractivity contribution in [2.75, 3.05) is 7.11 Å². The second-order valence-corrected chi connectivity index (χ2v) is 6.68. The van der Waals surface area contributed by atoms with E-state index in [4.69, 9.17) is 10.6 Å². The Balaban J connectivity index is 1.99. The molecule has 1 fully saturated rings. The summed E-state index contributed by atoms with van der Waals surface area (Å²) < 4.78 is 6.53. The molecule has 112 valence electrons. The van der Waals surface area contributed by atoms with Crippen molar-refractivity contribution in [3.05, 3.63) is 28.2 Å². The van der Waals surface area contributed by atoms with Gasteiger partial charge in [0, 0.05) is 10.5 Å². The number of ether oxygens (including phenoxy) is 1. The Bertz CT molecular complexity index is 419. The fourth-order valence-electron chi connectivity index (χ4n) is 3.21. The van der Waals surface area contributed by atoms with E-state index in [-0.39, 0.29) is 0 Å². The summed E-state index contributed by atoms with van der Waals surface area (Å²) in [6.45, 7) is 0. The predicted molar refractivity (Wildman–Crippen MR) is 86.7 cm³/mol. The highest BCUT2D eigenvalue weighted by Gasteiger charge is 2.19. The zero-order valence-electron chi connectivity index (χ0n) is 12.2. The van der Waals surface area contributed by atoms with E-state index in [1.54, 1.807) is 7.11 Å². The molecule has 20 heavy (non-hydrogen) atoms. The summed E-state index contributed by atoms with van der Waals surface area (Å²) in [5, 5.41) is 0. The smallest absolute Gasteiger partial charge is 0.122 e. The fourth-order valence-corrected chi connectivity index (χ4v) is 3.62. The highest BCUT2D eigenvalue weighted by atomic mass is 79.9. The summed E-state index contributed by atoms with van der Waals surface area (Å²) in [5.41, 5.74) is 4.21. The van der Waals surface area contributed by atoms with Crippen LogP contribution in [-0.2, 0) is 6.42 Å². The molecule has 0 aliphatic heterocycles. The zero-order chi connectivity index (χ0) is 14.4. The molecule has 0 radical (unpaired) electrons. The molecule has 0 amide bonds. The van der Waals surface area contributed by atoms with Crippen LogP contribution in [0.5, 0.6) is 5.75 Å². The quantitative estimate of drug-likeness (QED) is 0.611. The third-order valence-electron chi connectivity index (χ3n) is 4.29. The van der Waals surface area contributed by atoms with Crippen LogP contribution in [0.15, 0.2) is 22.7 Å². The molecule has 1 aliphatic carbocycles. The third-order valence-corrected chi connectivity index (χ3v) is 4.78. The average molecular weight is 341 g/mol. The van der Waals surface area contributed by atoms with Crippen molar-refractivity contribution in [2.45, 2.75) is 51.0 Å². The van der Waals surface area contributed by atoms with Crippen LogP contribution in [0, 0.1) is 5.92 Å². The highest BCUT2D eigenvalue weighted by molar-refractivity contribution is 9.10. The van der Waals surface area contributed by atoms with E-state index in [2.05, 4.69) is 27.4 Å². The number of hydrogen-bond acceptors (Lipinski definition) is 3. The number of halogens is 1. The SMILES string of the molecule is COc1ccc(Br)cc1CC(CC1CCCCC1)NN. The first-order valence-electron chi connectivity index (χ1n) is 7.51. The molecule has 0 bridgehead atoms. The molecule has 0 spiro atoms. The van der Waals surface area contributed by atoms with Gasteiger partial charge < -0.3 is 4.74 Å². The molecular formula is C16H25BrN2O. The summed E-state index contributed by atoms with van der Waals surface area (Å²) in [4.78, 5) is 0. The molecule has 1 aromatic rings. The van der Waals surface area contributed by atoms with E-state index in [0.717, 1.165) is 29.0 Å². The number of benzene rings is 1. The number of rotatable bonds is 6. The Labute approximate surface area is 130 Å². The van der Waals surface area contributed by atoms with E-state index in [1.807, 2.05) is 12.1 Å². The van der Waals surface area contributed by atoms with Gasteiger partial charge in [-0.3, -0.25) is 11.3 Å². The molecule has 1 aliphatic rings. The Morgan fingerprint density at radius 1 is 1.35 bits per heavy atom. The molecule has 1 aromatic carbocycles. The Hall–Kier alpha value is -0.580. The van der Waals surface area contributed by atoms with Crippen LogP contribution in [0.3, 0.4) is 0 Å². The molecule has 0 saturated heterocycles. The minimum Gasteiger partial charge on any atom is -0.496 e. The number of hydrazine groups is 1. The minimum absolute atomic E-state index is 0.321.